The Bertz CT molecular complexity index is 3810. The van der Waals surface area contributed by atoms with Gasteiger partial charge in [0.15, 0.2) is 17.5 Å². The fourth-order valence-corrected chi connectivity index (χ4v) is 10.8. The van der Waals surface area contributed by atoms with Gasteiger partial charge in [0, 0.05) is 69.8 Å². The molecule has 0 atom stereocenters. The van der Waals surface area contributed by atoms with Gasteiger partial charge >= 0.3 is 0 Å². The maximum absolute atomic E-state index is 5.20. The summed E-state index contributed by atoms with van der Waals surface area (Å²) in [6, 6.07) is 71.3. The molecule has 0 spiro atoms. The summed E-state index contributed by atoms with van der Waals surface area (Å²) in [6.07, 6.45) is 0. The molecule has 4 aromatic heterocycles. The predicted molar refractivity (Wildman–Crippen MR) is 255 cm³/mol. The number of hydrogen-bond acceptors (Lipinski definition) is 4. The van der Waals surface area contributed by atoms with Crippen molar-refractivity contribution in [2.24, 2.45) is 0 Å². The lowest BCUT2D eigenvalue weighted by molar-refractivity contribution is 1.08. The lowest BCUT2D eigenvalue weighted by atomic mass is 10.00. The Labute approximate surface area is 354 Å². The smallest absolute Gasteiger partial charge is 0.165 e. The zero-order valence-electron chi connectivity index (χ0n) is 32.7. The van der Waals surface area contributed by atoms with Crippen molar-refractivity contribution in [3.63, 3.8) is 0 Å². The van der Waals surface area contributed by atoms with E-state index in [9.17, 15) is 0 Å². The van der Waals surface area contributed by atoms with Crippen LogP contribution in [0.3, 0.4) is 0 Å². The maximum Gasteiger partial charge on any atom is 0.165 e. The maximum atomic E-state index is 5.20. The second-order valence-corrected chi connectivity index (χ2v) is 16.6. The van der Waals surface area contributed by atoms with E-state index in [-0.39, 0.29) is 0 Å². The van der Waals surface area contributed by atoms with Crippen LogP contribution in [0.25, 0.3) is 120 Å². The molecule has 0 radical (unpaired) electrons. The zero-order valence-corrected chi connectivity index (χ0v) is 33.5. The molecule has 0 saturated carbocycles. The third kappa shape index (κ3) is 5.16. The summed E-state index contributed by atoms with van der Waals surface area (Å²) >= 11 is 1.81. The van der Waals surface area contributed by atoms with Gasteiger partial charge in [-0.05, 0) is 65.4 Å². The van der Waals surface area contributed by atoms with Crippen LogP contribution in [-0.2, 0) is 0 Å². The first-order valence-corrected chi connectivity index (χ1v) is 21.3. The summed E-state index contributed by atoms with van der Waals surface area (Å²) in [5.74, 6) is 1.97. The first kappa shape index (κ1) is 34.0. The van der Waals surface area contributed by atoms with Gasteiger partial charge in [0.1, 0.15) is 0 Å². The van der Waals surface area contributed by atoms with Crippen LogP contribution < -0.4 is 0 Å². The number of nitrogens with zero attached hydrogens (tertiary/aromatic N) is 5. The second-order valence-electron chi connectivity index (χ2n) is 15.6. The molecule has 0 aliphatic heterocycles. The molecule has 0 amide bonds. The van der Waals surface area contributed by atoms with Crippen molar-refractivity contribution in [3.8, 4) is 45.5 Å². The fraction of sp³-hybridized carbons (Fsp3) is 0. The van der Waals surface area contributed by atoms with Crippen LogP contribution in [0.15, 0.2) is 200 Å². The summed E-state index contributed by atoms with van der Waals surface area (Å²) < 4.78 is 7.22. The van der Waals surface area contributed by atoms with Crippen LogP contribution in [-0.4, -0.2) is 24.1 Å². The number of para-hydroxylation sites is 3. The van der Waals surface area contributed by atoms with E-state index in [4.69, 9.17) is 15.0 Å². The van der Waals surface area contributed by atoms with Crippen LogP contribution in [0.4, 0.5) is 0 Å². The average molecular weight is 796 g/mol. The molecule has 0 unspecified atom stereocenters. The minimum absolute atomic E-state index is 0.654. The summed E-state index contributed by atoms with van der Waals surface area (Å²) in [6.45, 7) is 0. The van der Waals surface area contributed by atoms with Gasteiger partial charge in [-0.1, -0.05) is 146 Å². The Hall–Kier alpha value is -7.93. The van der Waals surface area contributed by atoms with Gasteiger partial charge in [0.25, 0.3) is 0 Å². The highest BCUT2D eigenvalue weighted by atomic mass is 32.1. The molecule has 0 N–H and O–H groups in total. The third-order valence-electron chi connectivity index (χ3n) is 12.1. The molecule has 0 bridgehead atoms. The topological polar surface area (TPSA) is 48.5 Å². The van der Waals surface area contributed by atoms with Gasteiger partial charge in [-0.2, -0.15) is 0 Å². The van der Waals surface area contributed by atoms with Crippen LogP contribution in [0.2, 0.25) is 0 Å². The predicted octanol–water partition coefficient (Wildman–Crippen LogP) is 14.6. The van der Waals surface area contributed by atoms with Gasteiger partial charge in [-0.3, -0.25) is 0 Å². The highest BCUT2D eigenvalue weighted by molar-refractivity contribution is 7.26. The zero-order chi connectivity index (χ0) is 40.0. The van der Waals surface area contributed by atoms with E-state index in [1.54, 1.807) is 0 Å². The van der Waals surface area contributed by atoms with Gasteiger partial charge in [0.05, 0.1) is 22.1 Å². The third-order valence-corrected chi connectivity index (χ3v) is 13.3. The highest BCUT2D eigenvalue weighted by Gasteiger charge is 2.23. The van der Waals surface area contributed by atoms with Crippen molar-refractivity contribution in [2.45, 2.75) is 0 Å². The number of thiophene rings is 1. The fourth-order valence-electron chi connectivity index (χ4n) is 9.50. The molecular formula is C55H33N5S. The molecule has 9 aromatic carbocycles. The summed E-state index contributed by atoms with van der Waals surface area (Å²) in [4.78, 5) is 15.4. The van der Waals surface area contributed by atoms with E-state index in [1.165, 1.54) is 64.5 Å². The van der Waals surface area contributed by atoms with Crippen molar-refractivity contribution in [2.75, 3.05) is 0 Å². The van der Waals surface area contributed by atoms with Crippen molar-refractivity contribution < 1.29 is 0 Å². The minimum Gasteiger partial charge on any atom is -0.309 e. The van der Waals surface area contributed by atoms with E-state index in [2.05, 4.69) is 173 Å². The summed E-state index contributed by atoms with van der Waals surface area (Å²) in [5.41, 5.74) is 9.96. The Morgan fingerprint density at radius 3 is 1.48 bits per heavy atom. The van der Waals surface area contributed by atoms with Crippen molar-refractivity contribution >= 4 is 85.9 Å². The molecule has 0 aliphatic carbocycles. The van der Waals surface area contributed by atoms with Gasteiger partial charge in [0.2, 0.25) is 0 Å². The molecule has 0 saturated heterocycles. The molecule has 5 nitrogen and oxygen atoms in total. The van der Waals surface area contributed by atoms with Crippen molar-refractivity contribution in [1.82, 2.24) is 24.1 Å². The lowest BCUT2D eigenvalue weighted by Gasteiger charge is -2.11. The number of rotatable bonds is 5. The first-order chi connectivity index (χ1) is 30.3. The van der Waals surface area contributed by atoms with Gasteiger partial charge in [-0.15, -0.1) is 11.3 Å². The number of fused-ring (bicyclic) bond motifs is 12. The summed E-state index contributed by atoms with van der Waals surface area (Å²) in [5, 5.41) is 9.83. The highest BCUT2D eigenvalue weighted by Crippen LogP contribution is 2.46. The molecule has 284 valence electrons. The summed E-state index contributed by atoms with van der Waals surface area (Å²) in [7, 11) is 0. The standard InChI is InChI=1S/C55H33N5S/c1-4-16-34(17-5-1)53-56-54(35-18-6-2-7-19-35)58-55(57-53)43-32-36-20-10-11-23-39(36)49-42-29-28-38(33-48(42)61-52(43)49)60-45-27-15-13-25-41(45)51-47(60)31-30-46-50(51)40-24-12-14-26-44(40)59(46)37-21-8-3-9-22-37/h1-33H. The SMILES string of the molecule is c1ccc(-c2nc(-c3ccccc3)nc(-c3cc4ccccc4c4c3sc3cc(-n5c6ccccc6c6c7c8ccccc8n(-c8ccccc8)c7ccc65)ccc34)n2)cc1. The largest absolute Gasteiger partial charge is 0.309 e. The monoisotopic (exact) mass is 795 g/mol. The van der Waals surface area contributed by atoms with Crippen LogP contribution in [0.5, 0.6) is 0 Å². The number of hydrogen-bond donors (Lipinski definition) is 0. The van der Waals surface area contributed by atoms with Gasteiger partial charge < -0.3 is 9.13 Å². The second kappa shape index (κ2) is 13.3. The van der Waals surface area contributed by atoms with Crippen molar-refractivity contribution in [1.29, 1.82) is 0 Å². The van der Waals surface area contributed by atoms with Crippen LogP contribution in [0, 0.1) is 0 Å². The molecule has 13 rings (SSSR count). The lowest BCUT2D eigenvalue weighted by Crippen LogP contribution is -2.00. The average Bonchev–Trinajstić information content (AvgIpc) is 4.00. The molecule has 0 aliphatic rings. The quantitative estimate of drug-likeness (QED) is 0.174. The number of benzene rings is 9. The van der Waals surface area contributed by atoms with E-state index in [0.717, 1.165) is 38.2 Å². The Morgan fingerprint density at radius 2 is 0.852 bits per heavy atom. The Kier molecular flexibility index (Phi) is 7.41. The molecule has 13 aromatic rings. The molecule has 61 heavy (non-hydrogen) atoms. The molecule has 0 fully saturated rings. The van der Waals surface area contributed by atoms with E-state index in [0.29, 0.717) is 17.5 Å². The normalized spacial score (nSPS) is 11.9. The molecule has 4 heterocycles. The van der Waals surface area contributed by atoms with E-state index < -0.39 is 0 Å². The van der Waals surface area contributed by atoms with Crippen LogP contribution in [0.1, 0.15) is 0 Å². The first-order valence-electron chi connectivity index (χ1n) is 20.5. The minimum atomic E-state index is 0.654. The van der Waals surface area contributed by atoms with Gasteiger partial charge in [-0.25, -0.2) is 15.0 Å². The van der Waals surface area contributed by atoms with E-state index in [1.807, 2.05) is 47.7 Å². The van der Waals surface area contributed by atoms with Crippen LogP contribution >= 0.6 is 11.3 Å². The Morgan fingerprint density at radius 1 is 0.344 bits per heavy atom. The Balaban J connectivity index is 1.07. The van der Waals surface area contributed by atoms with E-state index >= 15 is 0 Å². The van der Waals surface area contributed by atoms with Crippen molar-refractivity contribution in [3.05, 3.63) is 200 Å². The molecule has 6 heteroatoms. The number of aromatic nitrogens is 5. The molecular weight excluding hydrogens is 763 g/mol.